The highest BCUT2D eigenvalue weighted by molar-refractivity contribution is 4.66. The third kappa shape index (κ3) is 4.34. The van der Waals surface area contributed by atoms with Gasteiger partial charge in [-0.3, -0.25) is 0 Å². The molecule has 14 heavy (non-hydrogen) atoms. The Bertz CT molecular complexity index is 139. The quantitative estimate of drug-likeness (QED) is 0.484. The minimum Gasteiger partial charge on any atom is -0.396 e. The van der Waals surface area contributed by atoms with Gasteiger partial charge in [-0.2, -0.15) is 0 Å². The third-order valence-electron chi connectivity index (χ3n) is 2.01. The molecule has 0 aliphatic heterocycles. The fourth-order valence-corrected chi connectivity index (χ4v) is 0.990. The average Bonchev–Trinajstić information content (AvgIpc) is 2.18. The lowest BCUT2D eigenvalue weighted by atomic mass is 10.2. The molecule has 0 radical (unpaired) electrons. The van der Waals surface area contributed by atoms with Crippen molar-refractivity contribution in [3.05, 3.63) is 0 Å². The summed E-state index contributed by atoms with van der Waals surface area (Å²) in [7, 11) is 1.45. The van der Waals surface area contributed by atoms with Crippen LogP contribution in [0.25, 0.3) is 0 Å². The molecule has 5 nitrogen and oxygen atoms in total. The summed E-state index contributed by atoms with van der Waals surface area (Å²) in [5.74, 6) is -0.201. The summed E-state index contributed by atoms with van der Waals surface area (Å²) in [6, 6.07) is 0. The molecule has 0 aliphatic carbocycles. The number of hydrogen-bond donors (Lipinski definition) is 3. The van der Waals surface area contributed by atoms with Crippen molar-refractivity contribution >= 4 is 0 Å². The summed E-state index contributed by atoms with van der Waals surface area (Å²) in [5, 5.41) is 27.0. The first-order valence-corrected chi connectivity index (χ1v) is 4.64. The van der Waals surface area contributed by atoms with E-state index >= 15 is 0 Å². The number of aliphatic hydroxyl groups excluding tert-OH is 3. The normalized spacial score (nSPS) is 20.1. The monoisotopic (exact) mass is 208 g/mol. The summed E-state index contributed by atoms with van der Waals surface area (Å²) in [5.41, 5.74) is 0. The van der Waals surface area contributed by atoms with Crippen molar-refractivity contribution in [2.24, 2.45) is 5.92 Å². The van der Waals surface area contributed by atoms with Gasteiger partial charge < -0.3 is 24.8 Å². The Labute approximate surface area is 84.3 Å². The van der Waals surface area contributed by atoms with Gasteiger partial charge in [0, 0.05) is 13.0 Å². The molecule has 86 valence electrons. The van der Waals surface area contributed by atoms with Crippen LogP contribution < -0.4 is 0 Å². The van der Waals surface area contributed by atoms with Gasteiger partial charge in [0.2, 0.25) is 0 Å². The first kappa shape index (κ1) is 13.8. The van der Waals surface area contributed by atoms with E-state index in [1.54, 1.807) is 6.92 Å². The summed E-state index contributed by atoms with van der Waals surface area (Å²) < 4.78 is 10.3. The van der Waals surface area contributed by atoms with E-state index in [0.717, 1.165) is 0 Å². The molecule has 0 rings (SSSR count). The van der Waals surface area contributed by atoms with E-state index in [-0.39, 0.29) is 19.1 Å². The molecule has 0 saturated heterocycles. The van der Waals surface area contributed by atoms with Crippen LogP contribution in [0.5, 0.6) is 0 Å². The van der Waals surface area contributed by atoms with Crippen LogP contribution in [0.3, 0.4) is 0 Å². The van der Waals surface area contributed by atoms with Crippen LogP contribution in [0.1, 0.15) is 13.8 Å². The topological polar surface area (TPSA) is 79.2 Å². The van der Waals surface area contributed by atoms with E-state index in [1.165, 1.54) is 14.0 Å². The molecule has 5 heteroatoms. The van der Waals surface area contributed by atoms with Crippen molar-refractivity contribution < 1.29 is 24.8 Å². The van der Waals surface area contributed by atoms with Gasteiger partial charge in [-0.25, -0.2) is 0 Å². The Morgan fingerprint density at radius 2 is 1.71 bits per heavy atom. The van der Waals surface area contributed by atoms with Crippen LogP contribution in [-0.2, 0) is 9.47 Å². The number of rotatable bonds is 7. The van der Waals surface area contributed by atoms with E-state index in [1.807, 2.05) is 0 Å². The molecule has 0 spiro atoms. The molecule has 0 heterocycles. The number of hydrogen-bond acceptors (Lipinski definition) is 5. The van der Waals surface area contributed by atoms with Crippen molar-refractivity contribution in [2.45, 2.75) is 32.3 Å². The smallest absolute Gasteiger partial charge is 0.162 e. The van der Waals surface area contributed by atoms with Gasteiger partial charge in [0.15, 0.2) is 6.29 Å². The van der Waals surface area contributed by atoms with E-state index in [0.29, 0.717) is 0 Å². The molecule has 0 amide bonds. The van der Waals surface area contributed by atoms with Gasteiger partial charge in [-0.1, -0.05) is 6.92 Å². The molecule has 4 unspecified atom stereocenters. The third-order valence-corrected chi connectivity index (χ3v) is 2.01. The second-order valence-corrected chi connectivity index (χ2v) is 3.36. The first-order valence-electron chi connectivity index (χ1n) is 4.64. The SMILES string of the molecule is COC(OC(CO)C(C)O)C(C)CO. The lowest BCUT2D eigenvalue weighted by Gasteiger charge is -2.27. The van der Waals surface area contributed by atoms with Crippen molar-refractivity contribution in [3.63, 3.8) is 0 Å². The Morgan fingerprint density at radius 3 is 2.00 bits per heavy atom. The van der Waals surface area contributed by atoms with Gasteiger partial charge in [0.25, 0.3) is 0 Å². The van der Waals surface area contributed by atoms with Crippen LogP contribution in [0.2, 0.25) is 0 Å². The zero-order valence-corrected chi connectivity index (χ0v) is 8.88. The molecule has 0 aromatic rings. The first-order chi connectivity index (χ1) is 6.56. The lowest BCUT2D eigenvalue weighted by molar-refractivity contribution is -0.211. The van der Waals surface area contributed by atoms with Crippen LogP contribution >= 0.6 is 0 Å². The van der Waals surface area contributed by atoms with Crippen LogP contribution in [-0.4, -0.2) is 54.1 Å². The van der Waals surface area contributed by atoms with E-state index in [9.17, 15) is 5.11 Å². The second kappa shape index (κ2) is 7.14. The van der Waals surface area contributed by atoms with Crippen molar-refractivity contribution in [2.75, 3.05) is 20.3 Å². The Kier molecular flexibility index (Phi) is 7.04. The van der Waals surface area contributed by atoms with Crippen molar-refractivity contribution in [3.8, 4) is 0 Å². The fourth-order valence-electron chi connectivity index (χ4n) is 0.990. The highest BCUT2D eigenvalue weighted by atomic mass is 16.7. The zero-order valence-electron chi connectivity index (χ0n) is 8.88. The molecule has 0 bridgehead atoms. The standard InChI is InChI=1S/C9H20O5/c1-6(4-10)9(13-3)14-8(5-11)7(2)12/h6-12H,4-5H2,1-3H3. The predicted molar refractivity (Wildman–Crippen MR) is 50.7 cm³/mol. The lowest BCUT2D eigenvalue weighted by Crippen LogP contribution is -2.38. The molecule has 0 aliphatic rings. The van der Waals surface area contributed by atoms with Gasteiger partial charge in [-0.15, -0.1) is 0 Å². The maximum absolute atomic E-state index is 9.21. The van der Waals surface area contributed by atoms with Crippen molar-refractivity contribution in [1.82, 2.24) is 0 Å². The highest BCUT2D eigenvalue weighted by Crippen LogP contribution is 2.12. The fraction of sp³-hybridized carbons (Fsp3) is 1.00. The second-order valence-electron chi connectivity index (χ2n) is 3.36. The summed E-state index contributed by atoms with van der Waals surface area (Å²) in [4.78, 5) is 0. The van der Waals surface area contributed by atoms with Crippen molar-refractivity contribution in [1.29, 1.82) is 0 Å². The largest absolute Gasteiger partial charge is 0.396 e. The maximum Gasteiger partial charge on any atom is 0.162 e. The van der Waals surface area contributed by atoms with Gasteiger partial charge in [0.05, 0.1) is 19.3 Å². The number of methoxy groups -OCH3 is 1. The van der Waals surface area contributed by atoms with Crippen LogP contribution in [0.15, 0.2) is 0 Å². The van der Waals surface area contributed by atoms with Gasteiger partial charge in [-0.05, 0) is 6.92 Å². The van der Waals surface area contributed by atoms with Gasteiger partial charge >= 0.3 is 0 Å². The van der Waals surface area contributed by atoms with Crippen LogP contribution in [0, 0.1) is 5.92 Å². The Balaban J connectivity index is 4.13. The molecule has 0 aromatic carbocycles. The van der Waals surface area contributed by atoms with E-state index in [2.05, 4.69) is 0 Å². The maximum atomic E-state index is 9.21. The summed E-state index contributed by atoms with van der Waals surface area (Å²) in [6.07, 6.45) is -2.08. The highest BCUT2D eigenvalue weighted by Gasteiger charge is 2.23. The van der Waals surface area contributed by atoms with Gasteiger partial charge in [0.1, 0.15) is 6.10 Å². The summed E-state index contributed by atoms with van der Waals surface area (Å²) in [6.45, 7) is 2.92. The van der Waals surface area contributed by atoms with E-state index in [4.69, 9.17) is 19.7 Å². The molecular formula is C9H20O5. The number of ether oxygens (including phenoxy) is 2. The van der Waals surface area contributed by atoms with E-state index < -0.39 is 18.5 Å². The molecule has 3 N–H and O–H groups in total. The Morgan fingerprint density at radius 1 is 1.14 bits per heavy atom. The number of aliphatic hydroxyl groups is 3. The minimum atomic E-state index is -0.774. The minimum absolute atomic E-state index is 0.0730. The zero-order chi connectivity index (χ0) is 11.1. The summed E-state index contributed by atoms with van der Waals surface area (Å²) >= 11 is 0. The molecular weight excluding hydrogens is 188 g/mol. The molecule has 0 fully saturated rings. The van der Waals surface area contributed by atoms with Crippen LogP contribution in [0.4, 0.5) is 0 Å². The Hall–Kier alpha value is -0.200. The average molecular weight is 208 g/mol. The molecule has 4 atom stereocenters. The molecule has 0 saturated carbocycles. The molecule has 0 aromatic heterocycles. The predicted octanol–water partition coefficient (Wildman–Crippen LogP) is -0.654.